The van der Waals surface area contributed by atoms with Crippen LogP contribution < -0.4 is 10.4 Å². The molecule has 0 aromatic heterocycles. The third-order valence-corrected chi connectivity index (χ3v) is 12.0. The molecule has 2 aromatic carbocycles. The summed E-state index contributed by atoms with van der Waals surface area (Å²) < 4.78 is 6.70. The zero-order valence-corrected chi connectivity index (χ0v) is 18.2. The van der Waals surface area contributed by atoms with Crippen molar-refractivity contribution in [2.24, 2.45) is 0 Å². The Balaban J connectivity index is 2.27. The normalized spacial score (nSPS) is 12.0. The zero-order chi connectivity index (χ0) is 20.2. The SMILES string of the molecule is C[Si](C)(O[Si](C)(C)c1cccc(CC(=O)O)c1)c1cccc(CC(=O)O)c1. The minimum atomic E-state index is -2.28. The van der Waals surface area contributed by atoms with E-state index in [1.807, 2.05) is 48.5 Å². The highest BCUT2D eigenvalue weighted by atomic mass is 28.4. The first-order valence-corrected chi connectivity index (χ1v) is 14.6. The molecule has 0 aliphatic rings. The minimum Gasteiger partial charge on any atom is -0.481 e. The van der Waals surface area contributed by atoms with Crippen LogP contribution in [0.1, 0.15) is 11.1 Å². The van der Waals surface area contributed by atoms with Crippen molar-refractivity contribution in [2.75, 3.05) is 0 Å². The number of hydrogen-bond donors (Lipinski definition) is 2. The second kappa shape index (κ2) is 8.20. The van der Waals surface area contributed by atoms with E-state index >= 15 is 0 Å². The van der Waals surface area contributed by atoms with E-state index < -0.39 is 28.6 Å². The van der Waals surface area contributed by atoms with Crippen molar-refractivity contribution in [3.05, 3.63) is 59.7 Å². The number of carbonyl (C=O) groups is 2. The predicted molar refractivity (Wildman–Crippen MR) is 111 cm³/mol. The van der Waals surface area contributed by atoms with Crippen molar-refractivity contribution in [1.29, 1.82) is 0 Å². The van der Waals surface area contributed by atoms with E-state index in [1.165, 1.54) is 0 Å². The molecule has 0 fully saturated rings. The van der Waals surface area contributed by atoms with Crippen LogP contribution in [0.15, 0.2) is 48.5 Å². The summed E-state index contributed by atoms with van der Waals surface area (Å²) in [5, 5.41) is 20.2. The van der Waals surface area contributed by atoms with E-state index in [0.717, 1.165) is 21.5 Å². The second-order valence-electron chi connectivity index (χ2n) is 7.66. The lowest BCUT2D eigenvalue weighted by molar-refractivity contribution is -0.137. The van der Waals surface area contributed by atoms with E-state index in [1.54, 1.807) is 0 Å². The zero-order valence-electron chi connectivity index (χ0n) is 16.2. The molecule has 0 radical (unpaired) electrons. The molecular formula is C20H26O5Si2. The van der Waals surface area contributed by atoms with Gasteiger partial charge in [-0.2, -0.15) is 0 Å². The van der Waals surface area contributed by atoms with Crippen LogP contribution in [-0.2, 0) is 26.5 Å². The van der Waals surface area contributed by atoms with Gasteiger partial charge < -0.3 is 14.3 Å². The van der Waals surface area contributed by atoms with Crippen LogP contribution >= 0.6 is 0 Å². The average molecular weight is 403 g/mol. The number of benzene rings is 2. The fourth-order valence-corrected chi connectivity index (χ4v) is 11.3. The van der Waals surface area contributed by atoms with Crippen LogP contribution in [0.25, 0.3) is 0 Å². The quantitative estimate of drug-likeness (QED) is 0.663. The summed E-state index contributed by atoms with van der Waals surface area (Å²) in [6.45, 7) is 8.46. The van der Waals surface area contributed by atoms with E-state index in [4.69, 9.17) is 14.3 Å². The van der Waals surface area contributed by atoms with Crippen molar-refractivity contribution in [2.45, 2.75) is 39.0 Å². The monoisotopic (exact) mass is 402 g/mol. The lowest BCUT2D eigenvalue weighted by atomic mass is 10.2. The molecule has 0 saturated heterocycles. The molecule has 144 valence electrons. The number of hydrogen-bond acceptors (Lipinski definition) is 3. The summed E-state index contributed by atoms with van der Waals surface area (Å²) in [5.74, 6) is -1.70. The molecule has 0 bridgehead atoms. The Morgan fingerprint density at radius 1 is 0.778 bits per heavy atom. The highest BCUT2D eigenvalue weighted by Gasteiger charge is 2.36. The van der Waals surface area contributed by atoms with Crippen LogP contribution in [0.2, 0.25) is 26.2 Å². The first-order chi connectivity index (χ1) is 12.5. The van der Waals surface area contributed by atoms with E-state index in [-0.39, 0.29) is 12.8 Å². The maximum Gasteiger partial charge on any atom is 0.307 e. The van der Waals surface area contributed by atoms with Gasteiger partial charge in [0, 0.05) is 0 Å². The maximum atomic E-state index is 11.0. The topological polar surface area (TPSA) is 83.8 Å². The van der Waals surface area contributed by atoms with Gasteiger partial charge >= 0.3 is 11.9 Å². The van der Waals surface area contributed by atoms with Gasteiger partial charge in [-0.3, -0.25) is 9.59 Å². The summed E-state index contributed by atoms with van der Waals surface area (Å²) in [6.07, 6.45) is -0.00719. The van der Waals surface area contributed by atoms with Gasteiger partial charge in [-0.1, -0.05) is 48.5 Å². The van der Waals surface area contributed by atoms with E-state index in [0.29, 0.717) is 0 Å². The molecule has 2 rings (SSSR count). The first-order valence-electron chi connectivity index (χ1n) is 8.82. The van der Waals surface area contributed by atoms with Gasteiger partial charge in [0.2, 0.25) is 16.6 Å². The molecule has 0 saturated carbocycles. The molecule has 0 spiro atoms. The molecule has 0 heterocycles. The maximum absolute atomic E-state index is 11.0. The highest BCUT2D eigenvalue weighted by molar-refractivity contribution is 6.96. The van der Waals surface area contributed by atoms with Gasteiger partial charge in [-0.15, -0.1) is 0 Å². The summed E-state index contributed by atoms with van der Waals surface area (Å²) in [6, 6.07) is 15.3. The van der Waals surface area contributed by atoms with Crippen LogP contribution in [0.3, 0.4) is 0 Å². The van der Waals surface area contributed by atoms with Crippen molar-refractivity contribution >= 4 is 38.9 Å². The summed E-state index contributed by atoms with van der Waals surface area (Å²) in [4.78, 5) is 22.0. The Morgan fingerprint density at radius 3 is 1.48 bits per heavy atom. The molecule has 0 unspecified atom stereocenters. The number of carboxylic acid groups (broad SMARTS) is 2. The standard InChI is InChI=1S/C20H26O5Si2/c1-26(2,17-9-5-7-15(11-17)13-19(21)22)25-27(3,4)18-10-6-8-16(12-18)14-20(23)24/h5-12H,13-14H2,1-4H3,(H,21,22)(H,23,24). The largest absolute Gasteiger partial charge is 0.481 e. The number of rotatable bonds is 8. The van der Waals surface area contributed by atoms with Crippen LogP contribution in [0.4, 0.5) is 0 Å². The average Bonchev–Trinajstić information content (AvgIpc) is 2.53. The van der Waals surface area contributed by atoms with Crippen molar-refractivity contribution < 1.29 is 23.9 Å². The lowest BCUT2D eigenvalue weighted by Crippen LogP contribution is -2.57. The van der Waals surface area contributed by atoms with Crippen molar-refractivity contribution in [3.8, 4) is 0 Å². The lowest BCUT2D eigenvalue weighted by Gasteiger charge is -2.35. The molecule has 0 amide bonds. The Hall–Kier alpha value is -2.23. The van der Waals surface area contributed by atoms with Gasteiger partial charge in [-0.25, -0.2) is 0 Å². The Labute approximate surface area is 161 Å². The van der Waals surface area contributed by atoms with Gasteiger partial charge in [-0.05, 0) is 47.7 Å². The smallest absolute Gasteiger partial charge is 0.307 e. The van der Waals surface area contributed by atoms with Crippen LogP contribution in [0, 0.1) is 0 Å². The number of aliphatic carboxylic acids is 2. The summed E-state index contributed by atoms with van der Waals surface area (Å²) >= 11 is 0. The molecule has 7 heteroatoms. The molecular weight excluding hydrogens is 376 g/mol. The van der Waals surface area contributed by atoms with Crippen molar-refractivity contribution in [3.63, 3.8) is 0 Å². The summed E-state index contributed by atoms with van der Waals surface area (Å²) in [7, 11) is -4.55. The molecule has 2 aromatic rings. The molecule has 0 atom stereocenters. The van der Waals surface area contributed by atoms with Gasteiger partial charge in [0.15, 0.2) is 0 Å². The van der Waals surface area contributed by atoms with Crippen LogP contribution in [-0.4, -0.2) is 38.8 Å². The molecule has 0 aliphatic heterocycles. The number of carboxylic acids is 2. The minimum absolute atomic E-state index is 0.00360. The first kappa shape index (κ1) is 21.1. The van der Waals surface area contributed by atoms with E-state index in [9.17, 15) is 9.59 Å². The van der Waals surface area contributed by atoms with Gasteiger partial charge in [0.1, 0.15) is 0 Å². The Bertz CT molecular complexity index is 776. The molecule has 5 nitrogen and oxygen atoms in total. The summed E-state index contributed by atoms with van der Waals surface area (Å²) in [5.41, 5.74) is 1.54. The van der Waals surface area contributed by atoms with Crippen LogP contribution in [0.5, 0.6) is 0 Å². The fourth-order valence-electron chi connectivity index (χ4n) is 3.22. The fraction of sp³-hybridized carbons (Fsp3) is 0.300. The Morgan fingerprint density at radius 2 is 1.15 bits per heavy atom. The Kier molecular flexibility index (Phi) is 6.40. The molecule has 27 heavy (non-hydrogen) atoms. The third kappa shape index (κ3) is 5.88. The predicted octanol–water partition coefficient (Wildman–Crippen LogP) is 2.48. The third-order valence-electron chi connectivity index (χ3n) is 4.47. The van der Waals surface area contributed by atoms with Gasteiger partial charge in [0.25, 0.3) is 0 Å². The molecule has 2 N–H and O–H groups in total. The van der Waals surface area contributed by atoms with Gasteiger partial charge in [0.05, 0.1) is 12.8 Å². The highest BCUT2D eigenvalue weighted by Crippen LogP contribution is 2.17. The van der Waals surface area contributed by atoms with Crippen molar-refractivity contribution in [1.82, 2.24) is 0 Å². The second-order valence-corrected chi connectivity index (χ2v) is 15.7. The molecule has 0 aliphatic carbocycles. The van der Waals surface area contributed by atoms with E-state index in [2.05, 4.69) is 26.2 Å².